The van der Waals surface area contributed by atoms with Crippen molar-refractivity contribution in [2.45, 2.75) is 70.9 Å². The predicted octanol–water partition coefficient (Wildman–Crippen LogP) is 7.38. The summed E-state index contributed by atoms with van der Waals surface area (Å²) in [6.07, 6.45) is 5.03. The zero-order valence-corrected chi connectivity index (χ0v) is 32.0. The van der Waals surface area contributed by atoms with Crippen molar-refractivity contribution in [2.24, 2.45) is 0 Å². The zero-order valence-electron chi connectivity index (χ0n) is 32.0. The van der Waals surface area contributed by atoms with Crippen molar-refractivity contribution >= 4 is 35.0 Å². The van der Waals surface area contributed by atoms with Gasteiger partial charge in [-0.05, 0) is 117 Å². The Balaban J connectivity index is 1.57. The van der Waals surface area contributed by atoms with Crippen molar-refractivity contribution in [1.82, 2.24) is 5.43 Å². The average molecular weight is 750 g/mol. The summed E-state index contributed by atoms with van der Waals surface area (Å²) in [6, 6.07) is 24.5. The van der Waals surface area contributed by atoms with Crippen molar-refractivity contribution in [3.05, 3.63) is 107 Å². The van der Waals surface area contributed by atoms with E-state index in [1.807, 2.05) is 43.3 Å². The number of benzene rings is 4. The summed E-state index contributed by atoms with van der Waals surface area (Å²) in [4.78, 5) is 54.2. The van der Waals surface area contributed by atoms with Crippen LogP contribution in [0.3, 0.4) is 0 Å². The fourth-order valence-corrected chi connectivity index (χ4v) is 7.70. The third-order valence-electron chi connectivity index (χ3n) is 10.2. The van der Waals surface area contributed by atoms with Gasteiger partial charge in [0.05, 0.1) is 38.1 Å². The number of ether oxygens (including phenoxy) is 4. The Morgan fingerprint density at radius 1 is 0.709 bits per heavy atom. The molecule has 1 saturated heterocycles. The summed E-state index contributed by atoms with van der Waals surface area (Å²) in [5.74, 6) is 0.651. The van der Waals surface area contributed by atoms with Gasteiger partial charge in [-0.15, -0.1) is 10.0 Å². The molecule has 12 heteroatoms. The lowest BCUT2D eigenvalue weighted by Gasteiger charge is -2.47. The van der Waals surface area contributed by atoms with Gasteiger partial charge in [0, 0.05) is 31.6 Å². The summed E-state index contributed by atoms with van der Waals surface area (Å²) in [7, 11) is 3.18. The molecule has 2 atom stereocenters. The zero-order chi connectivity index (χ0) is 39.2. The molecule has 2 unspecified atom stereocenters. The highest BCUT2D eigenvalue weighted by atomic mass is 16.5. The molecule has 55 heavy (non-hydrogen) atoms. The predicted molar refractivity (Wildman–Crippen MR) is 208 cm³/mol. The van der Waals surface area contributed by atoms with Crippen LogP contribution in [0.15, 0.2) is 84.9 Å². The Morgan fingerprint density at radius 3 is 1.93 bits per heavy atom. The van der Waals surface area contributed by atoms with Crippen LogP contribution in [0.1, 0.15) is 91.1 Å². The lowest BCUT2D eigenvalue weighted by Crippen LogP contribution is -2.73. The highest BCUT2D eigenvalue weighted by Gasteiger charge is 2.56. The number of nitrogens with one attached hydrogen (secondary N) is 3. The van der Waals surface area contributed by atoms with E-state index >= 15 is 9.59 Å². The van der Waals surface area contributed by atoms with Crippen LogP contribution in [0, 0.1) is 0 Å². The summed E-state index contributed by atoms with van der Waals surface area (Å²) < 4.78 is 23.3. The normalized spacial score (nSPS) is 19.6. The van der Waals surface area contributed by atoms with Gasteiger partial charge in [0.2, 0.25) is 11.8 Å². The maximum absolute atomic E-state index is 15.2. The van der Waals surface area contributed by atoms with E-state index in [1.54, 1.807) is 62.8 Å². The van der Waals surface area contributed by atoms with Gasteiger partial charge >= 0.3 is 11.8 Å². The maximum atomic E-state index is 15.2. The van der Waals surface area contributed by atoms with Gasteiger partial charge in [-0.3, -0.25) is 9.59 Å². The minimum absolute atomic E-state index is 0.0411. The number of nitrogens with zero attached hydrogens (tertiary/aromatic N) is 1. The van der Waals surface area contributed by atoms with Crippen LogP contribution >= 0.6 is 0 Å². The number of imide groups is 1. The van der Waals surface area contributed by atoms with E-state index in [9.17, 15) is 9.59 Å². The van der Waals surface area contributed by atoms with Gasteiger partial charge in [0.25, 0.3) is 0 Å². The molecule has 2 aliphatic rings. The summed E-state index contributed by atoms with van der Waals surface area (Å²) >= 11 is 0. The summed E-state index contributed by atoms with van der Waals surface area (Å²) in [6.45, 7) is 5.19. The van der Waals surface area contributed by atoms with E-state index < -0.39 is 21.9 Å². The molecule has 3 N–H and O–H groups in total. The number of amides is 4. The Morgan fingerprint density at radius 2 is 1.31 bits per heavy atom. The largest absolute Gasteiger partial charge is 0.493 e. The monoisotopic (exact) mass is 749 g/mol. The number of rotatable bonds is 12. The van der Waals surface area contributed by atoms with E-state index in [4.69, 9.17) is 18.9 Å². The second-order valence-electron chi connectivity index (χ2n) is 14.0. The number of anilines is 2. The van der Waals surface area contributed by atoms with E-state index in [0.717, 1.165) is 36.8 Å². The van der Waals surface area contributed by atoms with Crippen molar-refractivity contribution < 1.29 is 42.7 Å². The van der Waals surface area contributed by atoms with Crippen LogP contribution in [-0.4, -0.2) is 61.7 Å². The molecule has 4 amide bonds. The lowest BCUT2D eigenvalue weighted by molar-refractivity contribution is -0.829. The van der Waals surface area contributed by atoms with Crippen molar-refractivity contribution in [3.63, 3.8) is 0 Å². The first-order chi connectivity index (χ1) is 26.5. The number of carbonyl (C=O) groups is 4. The minimum atomic E-state index is -1.16. The molecule has 1 heterocycles. The van der Waals surface area contributed by atoms with E-state index in [-0.39, 0.29) is 35.6 Å². The van der Waals surface area contributed by atoms with Crippen LogP contribution < -0.4 is 35.0 Å². The van der Waals surface area contributed by atoms with Crippen molar-refractivity contribution in [3.8, 4) is 23.0 Å². The van der Waals surface area contributed by atoms with Crippen molar-refractivity contribution in [1.29, 1.82) is 0 Å². The standard InChI is InChI=1S/C43H48N4O8/c1-6-54-39-26-32(17-21-37(39)52-4)43(33-18-22-38(53-5)40(27-33)55-36-13-7-8-14-36)23-10-24-47(46-43,41(50)30-15-19-34(20-16-30)44-28(2)48)42(51)31-11-9-12-35(25-31)45-29(3)49/h9,11-12,15-22,25-27,36,46H,6-8,10,13-14,23-24H2,1-5H3,(H-,44,45,48,49,50)/p+1. The third kappa shape index (κ3) is 8.20. The second-order valence-corrected chi connectivity index (χ2v) is 14.0. The molecule has 288 valence electrons. The third-order valence-corrected chi connectivity index (χ3v) is 10.2. The van der Waals surface area contributed by atoms with Crippen LogP contribution in [0.2, 0.25) is 0 Å². The molecule has 1 aliphatic carbocycles. The first-order valence-corrected chi connectivity index (χ1v) is 18.7. The smallest absolute Gasteiger partial charge is 0.372 e. The molecule has 0 spiro atoms. The minimum Gasteiger partial charge on any atom is -0.493 e. The molecule has 6 rings (SSSR count). The molecule has 0 bridgehead atoms. The molecular weight excluding hydrogens is 700 g/mol. The van der Waals surface area contributed by atoms with Gasteiger partial charge in [0.1, 0.15) is 12.1 Å². The molecule has 12 nitrogen and oxygen atoms in total. The average Bonchev–Trinajstić information content (AvgIpc) is 3.70. The van der Waals surface area contributed by atoms with E-state index in [2.05, 4.69) is 16.1 Å². The van der Waals surface area contributed by atoms with Gasteiger partial charge in [0.15, 0.2) is 23.0 Å². The Hall–Kier alpha value is -5.72. The van der Waals surface area contributed by atoms with Crippen LogP contribution in [-0.2, 0) is 15.1 Å². The molecule has 4 aromatic rings. The van der Waals surface area contributed by atoms with Crippen LogP contribution in [0.25, 0.3) is 0 Å². The maximum Gasteiger partial charge on any atom is 0.372 e. The van der Waals surface area contributed by atoms with Gasteiger partial charge < -0.3 is 29.6 Å². The number of hydrogen-bond donors (Lipinski definition) is 3. The van der Waals surface area contributed by atoms with Gasteiger partial charge in [-0.1, -0.05) is 18.2 Å². The van der Waals surface area contributed by atoms with Gasteiger partial charge in [-0.2, -0.15) is 0 Å². The number of hydrogen-bond acceptors (Lipinski definition) is 9. The first kappa shape index (κ1) is 39.0. The second kappa shape index (κ2) is 16.7. The van der Waals surface area contributed by atoms with E-state index in [0.29, 0.717) is 53.8 Å². The van der Waals surface area contributed by atoms with Crippen LogP contribution in [0.5, 0.6) is 23.0 Å². The molecule has 4 aromatic carbocycles. The first-order valence-electron chi connectivity index (χ1n) is 18.7. The molecule has 0 aromatic heterocycles. The summed E-state index contributed by atoms with van der Waals surface area (Å²) in [5.41, 5.74) is 5.43. The van der Waals surface area contributed by atoms with Crippen LogP contribution in [0.4, 0.5) is 11.4 Å². The number of carbonyl (C=O) groups excluding carboxylic acids is 4. The SMILES string of the molecule is CCOc1cc(C2(c3ccc(OC)c(OC4CCCC4)c3)CCC[N+](C(=O)c3ccc(NC(C)=O)cc3)(C(=O)c3cccc(NC(C)=O)c3)N2)ccc1OC. The highest BCUT2D eigenvalue weighted by molar-refractivity contribution is 6.03. The summed E-state index contributed by atoms with van der Waals surface area (Å²) in [5, 5.41) is 5.49. The number of quaternary nitrogens is 1. The Kier molecular flexibility index (Phi) is 11.9. The fourth-order valence-electron chi connectivity index (χ4n) is 7.70. The van der Waals surface area contributed by atoms with E-state index in [1.165, 1.54) is 13.8 Å². The topological polar surface area (TPSA) is 141 Å². The highest BCUT2D eigenvalue weighted by Crippen LogP contribution is 2.46. The van der Waals surface area contributed by atoms with Crippen molar-refractivity contribution in [2.75, 3.05) is 38.0 Å². The molecule has 0 radical (unpaired) electrons. The number of methoxy groups -OCH3 is 2. The Bertz CT molecular complexity index is 2060. The molecule has 1 saturated carbocycles. The molecular formula is C43H49N4O8+. The fraction of sp³-hybridized carbons (Fsp3) is 0.349. The quantitative estimate of drug-likeness (QED) is 0.1000. The lowest BCUT2D eigenvalue weighted by atomic mass is 9.77. The Labute approximate surface area is 321 Å². The van der Waals surface area contributed by atoms with Gasteiger partial charge in [-0.25, -0.2) is 9.59 Å². The molecule has 2 fully saturated rings. The molecule has 1 aliphatic heterocycles.